The van der Waals surface area contributed by atoms with Gasteiger partial charge in [0.05, 0.1) is 6.42 Å². The fourth-order valence-corrected chi connectivity index (χ4v) is 2.00. The number of hydrogen-bond donors (Lipinski definition) is 3. The van der Waals surface area contributed by atoms with Crippen molar-refractivity contribution in [3.05, 3.63) is 34.9 Å². The first kappa shape index (κ1) is 20.8. The highest BCUT2D eigenvalue weighted by Gasteiger charge is 2.28. The van der Waals surface area contributed by atoms with Crippen molar-refractivity contribution >= 4 is 35.0 Å². The van der Waals surface area contributed by atoms with E-state index in [0.717, 1.165) is 5.56 Å². The molecule has 0 aromatic heterocycles. The van der Waals surface area contributed by atoms with Gasteiger partial charge >= 0.3 is 0 Å². The zero-order chi connectivity index (χ0) is 19.0. The molecule has 0 saturated heterocycles. The van der Waals surface area contributed by atoms with Crippen LogP contribution < -0.4 is 16.8 Å². The van der Waals surface area contributed by atoms with Crippen molar-refractivity contribution < 1.29 is 14.4 Å². The fourth-order valence-electron chi connectivity index (χ4n) is 1.87. The Balaban J connectivity index is 2.90. The molecule has 0 radical (unpaired) electrons. The minimum absolute atomic E-state index is 0.0266. The number of nitrogens with two attached hydrogens (primary N) is 2. The molecule has 3 amide bonds. The number of carbonyl (C=O) groups excluding carboxylic acids is 3. The summed E-state index contributed by atoms with van der Waals surface area (Å²) in [5.74, 6) is -1.77. The Morgan fingerprint density at radius 2 is 1.80 bits per heavy atom. The minimum atomic E-state index is -1.25. The van der Waals surface area contributed by atoms with Crippen LogP contribution in [0.1, 0.15) is 32.3 Å². The molecule has 5 N–H and O–H groups in total. The van der Waals surface area contributed by atoms with Gasteiger partial charge < -0.3 is 16.8 Å². The molecule has 0 heterocycles. The lowest BCUT2D eigenvalue weighted by molar-refractivity contribution is -0.127. The van der Waals surface area contributed by atoms with Crippen molar-refractivity contribution in [1.82, 2.24) is 5.32 Å². The number of halogens is 1. The molecule has 1 aromatic rings. The Hall–Kier alpha value is -2.25. The van der Waals surface area contributed by atoms with Gasteiger partial charge in [-0.1, -0.05) is 23.7 Å². The van der Waals surface area contributed by atoms with Gasteiger partial charge in [0.2, 0.25) is 5.91 Å². The molecule has 0 aliphatic rings. The first-order chi connectivity index (χ1) is 11.7. The molecule has 0 bridgehead atoms. The predicted octanol–water partition coefficient (Wildman–Crippen LogP) is 0.969. The van der Waals surface area contributed by atoms with Gasteiger partial charge in [0.1, 0.15) is 11.3 Å². The second-order valence-electron chi connectivity index (χ2n) is 6.09. The number of aliphatic imine (C=N–C) groups is 1. The first-order valence-electron chi connectivity index (χ1n) is 7.83. The summed E-state index contributed by atoms with van der Waals surface area (Å²) >= 11 is 5.80. The molecule has 0 spiro atoms. The van der Waals surface area contributed by atoms with E-state index >= 15 is 0 Å². The summed E-state index contributed by atoms with van der Waals surface area (Å²) < 4.78 is 0. The van der Waals surface area contributed by atoms with E-state index in [1.165, 1.54) is 13.8 Å². The Labute approximate surface area is 151 Å². The summed E-state index contributed by atoms with van der Waals surface area (Å²) in [7, 11) is 0. The average Bonchev–Trinajstić information content (AvgIpc) is 2.53. The maximum absolute atomic E-state index is 12.3. The Bertz CT molecular complexity index is 669. The molecule has 0 aliphatic heterocycles. The summed E-state index contributed by atoms with van der Waals surface area (Å²) in [4.78, 5) is 39.7. The standard InChI is InChI=1S/C17H23ClN4O3/c1-17(2,16(20)25)22-15(24)13(4-3-9-19)21-14(23)10-11-5-7-12(18)8-6-11/h5-8H,3-4,9-10,19H2,1-2H3,(H2,20,25)(H,22,24)/b21-13+. The number of carbonyl (C=O) groups is 3. The van der Waals surface area contributed by atoms with Crippen molar-refractivity contribution in [2.45, 2.75) is 38.6 Å². The van der Waals surface area contributed by atoms with Crippen LogP contribution in [0, 0.1) is 0 Å². The van der Waals surface area contributed by atoms with Gasteiger partial charge in [-0.2, -0.15) is 0 Å². The van der Waals surface area contributed by atoms with Gasteiger partial charge in [-0.25, -0.2) is 4.99 Å². The number of primary amides is 1. The third-order valence-electron chi connectivity index (χ3n) is 3.45. The van der Waals surface area contributed by atoms with E-state index in [4.69, 9.17) is 23.1 Å². The first-order valence-corrected chi connectivity index (χ1v) is 8.21. The predicted molar refractivity (Wildman–Crippen MR) is 97.3 cm³/mol. The van der Waals surface area contributed by atoms with Gasteiger partial charge in [-0.05, 0) is 50.9 Å². The van der Waals surface area contributed by atoms with Crippen LogP contribution >= 0.6 is 11.6 Å². The van der Waals surface area contributed by atoms with E-state index in [1.807, 2.05) is 0 Å². The maximum Gasteiger partial charge on any atom is 0.266 e. The monoisotopic (exact) mass is 366 g/mol. The lowest BCUT2D eigenvalue weighted by Crippen LogP contribution is -2.54. The molecule has 0 atom stereocenters. The average molecular weight is 367 g/mol. The SMILES string of the molecule is CC(C)(NC(=O)/C(CCCN)=N/C(=O)Cc1ccc(Cl)cc1)C(N)=O. The van der Waals surface area contributed by atoms with E-state index in [2.05, 4.69) is 10.3 Å². The van der Waals surface area contributed by atoms with Crippen molar-refractivity contribution in [2.24, 2.45) is 16.5 Å². The lowest BCUT2D eigenvalue weighted by atomic mass is 10.0. The van der Waals surface area contributed by atoms with Crippen LogP contribution in [0.15, 0.2) is 29.3 Å². The highest BCUT2D eigenvalue weighted by molar-refractivity contribution is 6.40. The highest BCUT2D eigenvalue weighted by atomic mass is 35.5. The number of nitrogens with zero attached hydrogens (tertiary/aromatic N) is 1. The molecular formula is C17H23ClN4O3. The quantitative estimate of drug-likeness (QED) is 0.592. The Morgan fingerprint density at radius 1 is 1.20 bits per heavy atom. The number of nitrogens with one attached hydrogen (secondary N) is 1. The van der Waals surface area contributed by atoms with Crippen molar-refractivity contribution in [3.8, 4) is 0 Å². The smallest absolute Gasteiger partial charge is 0.266 e. The fraction of sp³-hybridized carbons (Fsp3) is 0.412. The zero-order valence-corrected chi connectivity index (χ0v) is 15.1. The molecule has 0 unspecified atom stereocenters. The molecule has 0 fully saturated rings. The van der Waals surface area contributed by atoms with Gasteiger partial charge in [-0.15, -0.1) is 0 Å². The van der Waals surface area contributed by atoms with Gasteiger partial charge in [0.15, 0.2) is 0 Å². The number of benzene rings is 1. The number of amides is 3. The lowest BCUT2D eigenvalue weighted by Gasteiger charge is -2.22. The van der Waals surface area contributed by atoms with Crippen molar-refractivity contribution in [3.63, 3.8) is 0 Å². The molecule has 1 aromatic carbocycles. The normalized spacial score (nSPS) is 11.9. The van der Waals surface area contributed by atoms with Gasteiger partial charge in [0.25, 0.3) is 11.8 Å². The maximum atomic E-state index is 12.3. The largest absolute Gasteiger partial charge is 0.368 e. The molecule has 136 valence electrons. The molecular weight excluding hydrogens is 344 g/mol. The van der Waals surface area contributed by atoms with Crippen LogP contribution in [0.25, 0.3) is 0 Å². The third kappa shape index (κ3) is 7.03. The summed E-state index contributed by atoms with van der Waals surface area (Å²) in [6.45, 7) is 3.30. The van der Waals surface area contributed by atoms with Crippen molar-refractivity contribution in [1.29, 1.82) is 0 Å². The summed E-state index contributed by atoms with van der Waals surface area (Å²) in [5, 5.41) is 3.05. The van der Waals surface area contributed by atoms with E-state index < -0.39 is 23.3 Å². The van der Waals surface area contributed by atoms with E-state index in [9.17, 15) is 14.4 Å². The number of rotatable bonds is 8. The van der Waals surface area contributed by atoms with Crippen LogP contribution in [0.2, 0.25) is 5.02 Å². The third-order valence-corrected chi connectivity index (χ3v) is 3.70. The molecule has 8 heteroatoms. The topological polar surface area (TPSA) is 128 Å². The molecule has 0 saturated carbocycles. The van der Waals surface area contributed by atoms with Crippen LogP contribution in [0.5, 0.6) is 0 Å². The molecule has 25 heavy (non-hydrogen) atoms. The van der Waals surface area contributed by atoms with Crippen molar-refractivity contribution in [2.75, 3.05) is 6.54 Å². The molecule has 1 rings (SSSR count). The van der Waals surface area contributed by atoms with E-state index in [-0.39, 0.29) is 18.6 Å². The minimum Gasteiger partial charge on any atom is -0.368 e. The zero-order valence-electron chi connectivity index (χ0n) is 14.3. The molecule has 7 nitrogen and oxygen atoms in total. The van der Waals surface area contributed by atoms with Crippen LogP contribution in [0.3, 0.4) is 0 Å². The summed E-state index contributed by atoms with van der Waals surface area (Å²) in [6.07, 6.45) is 0.747. The Morgan fingerprint density at radius 3 is 2.32 bits per heavy atom. The Kier molecular flexibility index (Phi) is 7.73. The second kappa shape index (κ2) is 9.29. The second-order valence-corrected chi connectivity index (χ2v) is 6.53. The van der Waals surface area contributed by atoms with Crippen LogP contribution in [-0.2, 0) is 20.8 Å². The van der Waals surface area contributed by atoms with E-state index in [0.29, 0.717) is 18.0 Å². The van der Waals surface area contributed by atoms with E-state index in [1.54, 1.807) is 24.3 Å². The molecule has 0 aliphatic carbocycles. The van der Waals surface area contributed by atoms with Crippen LogP contribution in [0.4, 0.5) is 0 Å². The van der Waals surface area contributed by atoms with Crippen LogP contribution in [-0.4, -0.2) is 35.5 Å². The summed E-state index contributed by atoms with van der Waals surface area (Å²) in [5.41, 5.74) is 10.2. The summed E-state index contributed by atoms with van der Waals surface area (Å²) in [6, 6.07) is 6.77. The van der Waals surface area contributed by atoms with Gasteiger partial charge in [0, 0.05) is 5.02 Å². The number of hydrogen-bond acceptors (Lipinski definition) is 4. The van der Waals surface area contributed by atoms with Gasteiger partial charge in [-0.3, -0.25) is 14.4 Å². The highest BCUT2D eigenvalue weighted by Crippen LogP contribution is 2.10.